The van der Waals surface area contributed by atoms with E-state index in [9.17, 15) is 4.79 Å². The fourth-order valence-corrected chi connectivity index (χ4v) is 1.40. The van der Waals surface area contributed by atoms with E-state index in [2.05, 4.69) is 6.58 Å². The van der Waals surface area contributed by atoms with E-state index in [0.717, 1.165) is 25.7 Å². The summed E-state index contributed by atoms with van der Waals surface area (Å²) in [7, 11) is 0. The largest absolute Gasteiger partial charge is 0.295 e. The summed E-state index contributed by atoms with van der Waals surface area (Å²) in [6.07, 6.45) is 9.56. The second kappa shape index (κ2) is 4.12. The zero-order chi connectivity index (χ0) is 8.10. The molecule has 1 aliphatic rings. The van der Waals surface area contributed by atoms with Crippen LogP contribution in [0.1, 0.15) is 25.7 Å². The van der Waals surface area contributed by atoms with Crippen molar-refractivity contribution in [2.24, 2.45) is 5.92 Å². The molecule has 1 heteroatoms. The van der Waals surface area contributed by atoms with Crippen LogP contribution < -0.4 is 0 Å². The molecule has 0 saturated heterocycles. The van der Waals surface area contributed by atoms with Crippen LogP contribution in [0.2, 0.25) is 0 Å². The maximum atomic E-state index is 10.9. The first kappa shape index (κ1) is 8.25. The predicted octanol–water partition coefficient (Wildman–Crippen LogP) is 2.49. The third-order valence-electron chi connectivity index (χ3n) is 2.04. The summed E-state index contributed by atoms with van der Waals surface area (Å²) in [6.45, 7) is 3.66. The lowest BCUT2D eigenvalue weighted by molar-refractivity contribution is -0.115. The van der Waals surface area contributed by atoms with Crippen molar-refractivity contribution in [3.05, 3.63) is 24.8 Å². The Kier molecular flexibility index (Phi) is 3.09. The summed E-state index contributed by atoms with van der Waals surface area (Å²) in [5.41, 5.74) is 0. The van der Waals surface area contributed by atoms with Crippen LogP contribution in [0.3, 0.4) is 0 Å². The van der Waals surface area contributed by atoms with Crippen molar-refractivity contribution in [3.8, 4) is 0 Å². The van der Waals surface area contributed by atoms with Crippen LogP contribution in [0.25, 0.3) is 0 Å². The van der Waals surface area contributed by atoms with Gasteiger partial charge in [-0.3, -0.25) is 4.79 Å². The molecule has 0 heterocycles. The van der Waals surface area contributed by atoms with Gasteiger partial charge in [0.25, 0.3) is 0 Å². The Morgan fingerprint density at radius 2 is 2.55 bits per heavy atom. The minimum Gasteiger partial charge on any atom is -0.295 e. The topological polar surface area (TPSA) is 17.1 Å². The molecule has 1 atom stereocenters. The Morgan fingerprint density at radius 3 is 3.18 bits per heavy atom. The SMILES string of the molecule is C=CCCC1CC=CC(=O)C1. The molecule has 0 bridgehead atoms. The normalized spacial score (nSPS) is 23.6. The van der Waals surface area contributed by atoms with E-state index >= 15 is 0 Å². The number of allylic oxidation sites excluding steroid dienone is 3. The Morgan fingerprint density at radius 1 is 1.73 bits per heavy atom. The minimum absolute atomic E-state index is 0.283. The molecule has 0 aromatic heterocycles. The van der Waals surface area contributed by atoms with E-state index in [1.54, 1.807) is 6.08 Å². The maximum Gasteiger partial charge on any atom is 0.155 e. The Balaban J connectivity index is 2.31. The zero-order valence-electron chi connectivity index (χ0n) is 6.75. The molecular weight excluding hydrogens is 136 g/mol. The number of hydrogen-bond acceptors (Lipinski definition) is 1. The highest BCUT2D eigenvalue weighted by Gasteiger charge is 2.13. The number of carbonyl (C=O) groups is 1. The van der Waals surface area contributed by atoms with Gasteiger partial charge in [0.2, 0.25) is 0 Å². The van der Waals surface area contributed by atoms with Crippen LogP contribution in [-0.4, -0.2) is 5.78 Å². The van der Waals surface area contributed by atoms with Crippen LogP contribution in [-0.2, 0) is 4.79 Å². The molecule has 0 radical (unpaired) electrons. The first-order valence-corrected chi connectivity index (χ1v) is 4.13. The van der Waals surface area contributed by atoms with Crippen LogP contribution >= 0.6 is 0 Å². The highest BCUT2D eigenvalue weighted by Crippen LogP contribution is 2.20. The Labute approximate surface area is 67.8 Å². The van der Waals surface area contributed by atoms with Gasteiger partial charge in [0.05, 0.1) is 0 Å². The van der Waals surface area contributed by atoms with E-state index in [-0.39, 0.29) is 5.78 Å². The van der Waals surface area contributed by atoms with Crippen molar-refractivity contribution >= 4 is 5.78 Å². The minimum atomic E-state index is 0.283. The van der Waals surface area contributed by atoms with Crippen molar-refractivity contribution in [2.75, 3.05) is 0 Å². The summed E-state index contributed by atoms with van der Waals surface area (Å²) in [5.74, 6) is 0.857. The van der Waals surface area contributed by atoms with Crippen LogP contribution in [0.15, 0.2) is 24.8 Å². The van der Waals surface area contributed by atoms with Crippen molar-refractivity contribution < 1.29 is 4.79 Å². The quantitative estimate of drug-likeness (QED) is 0.565. The van der Waals surface area contributed by atoms with Crippen LogP contribution in [0, 0.1) is 5.92 Å². The van der Waals surface area contributed by atoms with Gasteiger partial charge >= 0.3 is 0 Å². The zero-order valence-corrected chi connectivity index (χ0v) is 6.75. The molecule has 0 aromatic rings. The van der Waals surface area contributed by atoms with Crippen molar-refractivity contribution in [1.29, 1.82) is 0 Å². The molecule has 60 valence electrons. The second-order valence-corrected chi connectivity index (χ2v) is 3.04. The smallest absolute Gasteiger partial charge is 0.155 e. The lowest BCUT2D eigenvalue weighted by atomic mass is 9.90. The fraction of sp³-hybridized carbons (Fsp3) is 0.500. The van der Waals surface area contributed by atoms with Gasteiger partial charge in [-0.05, 0) is 31.3 Å². The number of carbonyl (C=O) groups excluding carboxylic acids is 1. The average molecular weight is 150 g/mol. The second-order valence-electron chi connectivity index (χ2n) is 3.04. The van der Waals surface area contributed by atoms with Gasteiger partial charge in [-0.25, -0.2) is 0 Å². The lowest BCUT2D eigenvalue weighted by Gasteiger charge is -2.15. The van der Waals surface area contributed by atoms with Gasteiger partial charge < -0.3 is 0 Å². The molecule has 0 spiro atoms. The Hall–Kier alpha value is -0.850. The molecule has 11 heavy (non-hydrogen) atoms. The summed E-state index contributed by atoms with van der Waals surface area (Å²) in [6, 6.07) is 0. The summed E-state index contributed by atoms with van der Waals surface area (Å²) < 4.78 is 0. The maximum absolute atomic E-state index is 10.9. The molecule has 1 rings (SSSR count). The van der Waals surface area contributed by atoms with E-state index in [1.807, 2.05) is 12.2 Å². The molecule has 0 aromatic carbocycles. The number of hydrogen-bond donors (Lipinski definition) is 0. The van der Waals surface area contributed by atoms with E-state index in [0.29, 0.717) is 5.92 Å². The van der Waals surface area contributed by atoms with Crippen LogP contribution in [0.5, 0.6) is 0 Å². The summed E-state index contributed by atoms with van der Waals surface area (Å²) >= 11 is 0. The summed E-state index contributed by atoms with van der Waals surface area (Å²) in [4.78, 5) is 10.9. The van der Waals surface area contributed by atoms with Gasteiger partial charge in [0.1, 0.15) is 0 Å². The Bertz CT molecular complexity index is 179. The van der Waals surface area contributed by atoms with E-state index in [4.69, 9.17) is 0 Å². The fourth-order valence-electron chi connectivity index (χ4n) is 1.40. The van der Waals surface area contributed by atoms with Gasteiger partial charge in [-0.15, -0.1) is 6.58 Å². The molecule has 0 aliphatic heterocycles. The number of rotatable bonds is 3. The van der Waals surface area contributed by atoms with E-state index < -0.39 is 0 Å². The van der Waals surface area contributed by atoms with Gasteiger partial charge in [-0.2, -0.15) is 0 Å². The first-order valence-electron chi connectivity index (χ1n) is 4.13. The summed E-state index contributed by atoms with van der Waals surface area (Å²) in [5, 5.41) is 0. The molecule has 0 fully saturated rings. The third-order valence-corrected chi connectivity index (χ3v) is 2.04. The predicted molar refractivity (Wildman–Crippen MR) is 46.3 cm³/mol. The third kappa shape index (κ3) is 2.71. The molecule has 0 saturated carbocycles. The lowest BCUT2D eigenvalue weighted by Crippen LogP contribution is -2.09. The first-order chi connectivity index (χ1) is 5.33. The van der Waals surface area contributed by atoms with Crippen LogP contribution in [0.4, 0.5) is 0 Å². The molecule has 1 unspecified atom stereocenters. The average Bonchev–Trinajstić information content (AvgIpc) is 2.01. The van der Waals surface area contributed by atoms with E-state index in [1.165, 1.54) is 0 Å². The molecule has 1 nitrogen and oxygen atoms in total. The van der Waals surface area contributed by atoms with Crippen molar-refractivity contribution in [3.63, 3.8) is 0 Å². The molecular formula is C10H14O. The highest BCUT2D eigenvalue weighted by atomic mass is 16.1. The van der Waals surface area contributed by atoms with Gasteiger partial charge in [0, 0.05) is 6.42 Å². The highest BCUT2D eigenvalue weighted by molar-refractivity contribution is 5.90. The number of ketones is 1. The standard InChI is InChI=1S/C10H14O/c1-2-3-5-9-6-4-7-10(11)8-9/h2,4,7,9H,1,3,5-6,8H2. The molecule has 0 N–H and O–H groups in total. The molecule has 0 amide bonds. The van der Waals surface area contributed by atoms with Gasteiger partial charge in [0.15, 0.2) is 5.78 Å². The van der Waals surface area contributed by atoms with Crippen molar-refractivity contribution in [1.82, 2.24) is 0 Å². The van der Waals surface area contributed by atoms with Crippen molar-refractivity contribution in [2.45, 2.75) is 25.7 Å². The monoisotopic (exact) mass is 150 g/mol. The molecule has 1 aliphatic carbocycles. The van der Waals surface area contributed by atoms with Gasteiger partial charge in [-0.1, -0.05) is 12.2 Å².